The number of carbonyl (C=O) groups is 1. The second-order valence-corrected chi connectivity index (χ2v) is 4.19. The van der Waals surface area contributed by atoms with Gasteiger partial charge >= 0.3 is 0 Å². The Kier molecular flexibility index (Phi) is 7.29. The van der Waals surface area contributed by atoms with Crippen molar-refractivity contribution in [3.63, 3.8) is 0 Å². The molecule has 0 aliphatic carbocycles. The van der Waals surface area contributed by atoms with Crippen molar-refractivity contribution in [3.8, 4) is 0 Å². The summed E-state index contributed by atoms with van der Waals surface area (Å²) in [7, 11) is 0. The highest BCUT2D eigenvalue weighted by Gasteiger charge is 2.06. The van der Waals surface area contributed by atoms with Gasteiger partial charge in [0, 0.05) is 19.8 Å². The lowest BCUT2D eigenvalue weighted by Crippen LogP contribution is -2.26. The molecule has 0 spiro atoms. The maximum Gasteiger partial charge on any atom is 0.271 e. The molecular weight excluding hydrogens is 254 g/mol. The Morgan fingerprint density at radius 2 is 2.11 bits per heavy atom. The van der Waals surface area contributed by atoms with Gasteiger partial charge in [-0.05, 0) is 12.8 Å². The van der Waals surface area contributed by atoms with Crippen LogP contribution in [0, 0.1) is 0 Å². The number of aromatic nitrogens is 2. The molecule has 6 heteroatoms. The summed E-state index contributed by atoms with van der Waals surface area (Å²) in [6.45, 7) is 4.13. The maximum atomic E-state index is 11.6. The molecule has 0 aliphatic rings. The Bertz CT molecular complexity index is 357. The van der Waals surface area contributed by atoms with Gasteiger partial charge in [0.2, 0.25) is 0 Å². The van der Waals surface area contributed by atoms with Crippen molar-refractivity contribution in [2.75, 3.05) is 19.8 Å². The molecule has 0 aliphatic heterocycles. The van der Waals surface area contributed by atoms with Crippen LogP contribution < -0.4 is 5.32 Å². The lowest BCUT2D eigenvalue weighted by atomic mass is 10.3. The van der Waals surface area contributed by atoms with E-state index in [1.54, 1.807) is 0 Å². The van der Waals surface area contributed by atoms with Gasteiger partial charge in [-0.3, -0.25) is 4.79 Å². The van der Waals surface area contributed by atoms with Crippen LogP contribution in [0.15, 0.2) is 12.4 Å². The molecule has 1 heterocycles. The van der Waals surface area contributed by atoms with Crippen LogP contribution >= 0.6 is 11.6 Å². The fraction of sp³-hybridized carbons (Fsp3) is 0.583. The standard InChI is InChI=1S/C12H18ClN3O2/c1-2-3-6-18-7-4-5-14-12(17)10-8-16-11(13)9-15-10/h8-9H,2-7H2,1H3,(H,14,17). The van der Waals surface area contributed by atoms with Crippen molar-refractivity contribution >= 4 is 17.5 Å². The maximum absolute atomic E-state index is 11.6. The van der Waals surface area contributed by atoms with Crippen molar-refractivity contribution < 1.29 is 9.53 Å². The van der Waals surface area contributed by atoms with E-state index in [2.05, 4.69) is 22.2 Å². The van der Waals surface area contributed by atoms with E-state index in [0.717, 1.165) is 25.9 Å². The number of hydrogen-bond donors (Lipinski definition) is 1. The van der Waals surface area contributed by atoms with E-state index in [9.17, 15) is 4.79 Å². The quantitative estimate of drug-likeness (QED) is 0.735. The van der Waals surface area contributed by atoms with Crippen LogP contribution in [0.1, 0.15) is 36.7 Å². The monoisotopic (exact) mass is 271 g/mol. The fourth-order valence-electron chi connectivity index (χ4n) is 1.24. The highest BCUT2D eigenvalue weighted by Crippen LogP contribution is 2.00. The Hall–Kier alpha value is -1.20. The van der Waals surface area contributed by atoms with Gasteiger partial charge in [-0.15, -0.1) is 0 Å². The van der Waals surface area contributed by atoms with Crippen LogP contribution in [-0.2, 0) is 4.74 Å². The fourth-order valence-corrected chi connectivity index (χ4v) is 1.34. The predicted octanol–water partition coefficient (Wildman–Crippen LogP) is 2.07. The largest absolute Gasteiger partial charge is 0.381 e. The summed E-state index contributed by atoms with van der Waals surface area (Å²) in [5, 5.41) is 3.02. The van der Waals surface area contributed by atoms with E-state index in [0.29, 0.717) is 13.2 Å². The first-order chi connectivity index (χ1) is 8.74. The zero-order valence-electron chi connectivity index (χ0n) is 10.5. The summed E-state index contributed by atoms with van der Waals surface area (Å²) < 4.78 is 5.38. The minimum atomic E-state index is -0.243. The van der Waals surface area contributed by atoms with Crippen LogP contribution in [0.2, 0.25) is 5.15 Å². The molecule has 1 aromatic heterocycles. The highest BCUT2D eigenvalue weighted by atomic mass is 35.5. The van der Waals surface area contributed by atoms with Crippen LogP contribution in [0.25, 0.3) is 0 Å². The molecular formula is C12H18ClN3O2. The number of carbonyl (C=O) groups excluding carboxylic acids is 1. The van der Waals surface area contributed by atoms with E-state index in [1.165, 1.54) is 12.4 Å². The minimum Gasteiger partial charge on any atom is -0.381 e. The average molecular weight is 272 g/mol. The van der Waals surface area contributed by atoms with E-state index >= 15 is 0 Å². The van der Waals surface area contributed by atoms with Gasteiger partial charge in [0.25, 0.3) is 5.91 Å². The third-order valence-electron chi connectivity index (χ3n) is 2.25. The summed E-state index contributed by atoms with van der Waals surface area (Å²) in [5.74, 6) is -0.243. The zero-order chi connectivity index (χ0) is 13.2. The summed E-state index contributed by atoms with van der Waals surface area (Å²) in [6.07, 6.45) is 5.70. The molecule has 0 saturated carbocycles. The summed E-state index contributed by atoms with van der Waals surface area (Å²) in [4.78, 5) is 19.3. The number of ether oxygens (including phenoxy) is 1. The molecule has 18 heavy (non-hydrogen) atoms. The molecule has 0 unspecified atom stereocenters. The minimum absolute atomic E-state index is 0.243. The highest BCUT2D eigenvalue weighted by molar-refractivity contribution is 6.29. The van der Waals surface area contributed by atoms with E-state index in [1.807, 2.05) is 0 Å². The number of amides is 1. The molecule has 100 valence electrons. The van der Waals surface area contributed by atoms with Gasteiger partial charge in [0.05, 0.1) is 12.4 Å². The molecule has 0 saturated heterocycles. The number of halogens is 1. The van der Waals surface area contributed by atoms with Crippen molar-refractivity contribution in [1.29, 1.82) is 0 Å². The van der Waals surface area contributed by atoms with Crippen LogP contribution in [-0.4, -0.2) is 35.6 Å². The second kappa shape index (κ2) is 8.83. The topological polar surface area (TPSA) is 64.1 Å². The molecule has 0 bridgehead atoms. The first-order valence-corrected chi connectivity index (χ1v) is 6.45. The third kappa shape index (κ3) is 5.93. The van der Waals surface area contributed by atoms with Gasteiger partial charge in [-0.1, -0.05) is 24.9 Å². The van der Waals surface area contributed by atoms with Crippen molar-refractivity contribution in [1.82, 2.24) is 15.3 Å². The first-order valence-electron chi connectivity index (χ1n) is 6.07. The Morgan fingerprint density at radius 1 is 1.33 bits per heavy atom. The van der Waals surface area contributed by atoms with Crippen LogP contribution in [0.3, 0.4) is 0 Å². The smallest absolute Gasteiger partial charge is 0.271 e. The Labute approximate surface area is 112 Å². The molecule has 0 fully saturated rings. The van der Waals surface area contributed by atoms with E-state index < -0.39 is 0 Å². The molecule has 1 aromatic rings. The van der Waals surface area contributed by atoms with Crippen molar-refractivity contribution in [2.24, 2.45) is 0 Å². The Morgan fingerprint density at radius 3 is 2.78 bits per heavy atom. The van der Waals surface area contributed by atoms with Crippen molar-refractivity contribution in [3.05, 3.63) is 23.2 Å². The average Bonchev–Trinajstić information content (AvgIpc) is 2.38. The lowest BCUT2D eigenvalue weighted by molar-refractivity contribution is 0.0935. The number of nitrogens with one attached hydrogen (secondary N) is 1. The molecule has 0 aromatic carbocycles. The summed E-state index contributed by atoms with van der Waals surface area (Å²) >= 11 is 5.58. The van der Waals surface area contributed by atoms with Crippen molar-refractivity contribution in [2.45, 2.75) is 26.2 Å². The zero-order valence-corrected chi connectivity index (χ0v) is 11.2. The molecule has 0 atom stereocenters. The second-order valence-electron chi connectivity index (χ2n) is 3.80. The van der Waals surface area contributed by atoms with Gasteiger partial charge in [0.15, 0.2) is 0 Å². The van der Waals surface area contributed by atoms with Gasteiger partial charge in [-0.2, -0.15) is 0 Å². The third-order valence-corrected chi connectivity index (χ3v) is 2.44. The predicted molar refractivity (Wildman–Crippen MR) is 69.7 cm³/mol. The SMILES string of the molecule is CCCCOCCCNC(=O)c1cnc(Cl)cn1. The van der Waals surface area contributed by atoms with E-state index in [-0.39, 0.29) is 16.8 Å². The van der Waals surface area contributed by atoms with Gasteiger partial charge < -0.3 is 10.1 Å². The lowest BCUT2D eigenvalue weighted by Gasteiger charge is -2.05. The normalized spacial score (nSPS) is 10.3. The van der Waals surface area contributed by atoms with Gasteiger partial charge in [-0.25, -0.2) is 9.97 Å². The molecule has 1 rings (SSSR count). The molecule has 1 amide bonds. The molecule has 5 nitrogen and oxygen atoms in total. The van der Waals surface area contributed by atoms with Gasteiger partial charge in [0.1, 0.15) is 10.8 Å². The molecule has 1 N–H and O–H groups in total. The number of rotatable bonds is 8. The number of hydrogen-bond acceptors (Lipinski definition) is 4. The van der Waals surface area contributed by atoms with E-state index in [4.69, 9.17) is 16.3 Å². The number of unbranched alkanes of at least 4 members (excludes halogenated alkanes) is 1. The Balaban J connectivity index is 2.12. The van der Waals surface area contributed by atoms with Crippen LogP contribution in [0.5, 0.6) is 0 Å². The molecule has 0 radical (unpaired) electrons. The summed E-state index contributed by atoms with van der Waals surface area (Å²) in [6, 6.07) is 0. The first kappa shape index (κ1) is 14.9. The number of nitrogens with zero attached hydrogens (tertiary/aromatic N) is 2. The summed E-state index contributed by atoms with van der Waals surface area (Å²) in [5.41, 5.74) is 0.270. The van der Waals surface area contributed by atoms with Crippen LogP contribution in [0.4, 0.5) is 0 Å².